The number of hydrogen-bond donors (Lipinski definition) is 0. The highest BCUT2D eigenvalue weighted by atomic mass is 35.5. The van der Waals surface area contributed by atoms with E-state index in [0.717, 1.165) is 10.1 Å². The van der Waals surface area contributed by atoms with Gasteiger partial charge in [-0.2, -0.15) is 4.52 Å². The Hall–Kier alpha value is -4.45. The van der Waals surface area contributed by atoms with Crippen LogP contribution in [0.2, 0.25) is 5.02 Å². The van der Waals surface area contributed by atoms with Crippen LogP contribution in [0.5, 0.6) is 5.88 Å². The molecule has 1 atom stereocenters. The smallest absolute Gasteiger partial charge is 0.299 e. The Kier molecular flexibility index (Phi) is 6.21. The molecule has 1 aromatic carbocycles. The molecule has 1 aliphatic heterocycles. The number of imidazole rings is 1. The van der Waals surface area contributed by atoms with E-state index in [1.165, 1.54) is 12.0 Å². The molecule has 0 spiro atoms. The number of ether oxygens (including phenoxy) is 1. The molecule has 0 N–H and O–H groups in total. The van der Waals surface area contributed by atoms with Gasteiger partial charge in [0.2, 0.25) is 11.7 Å². The van der Waals surface area contributed by atoms with E-state index in [-0.39, 0.29) is 23.2 Å². The highest BCUT2D eigenvalue weighted by Gasteiger charge is 2.45. The number of methoxy groups -OCH3 is 1. The first-order valence-electron chi connectivity index (χ1n) is 12.4. The molecule has 0 saturated carbocycles. The largest absolute Gasteiger partial charge is 0.481 e. The average Bonchev–Trinajstić information content (AvgIpc) is 3.61. The Labute approximate surface area is 232 Å². The zero-order valence-corrected chi connectivity index (χ0v) is 22.6. The summed E-state index contributed by atoms with van der Waals surface area (Å²) in [4.78, 5) is 24.7. The summed E-state index contributed by atoms with van der Waals surface area (Å²) in [5.74, 6) is 0.161. The van der Waals surface area contributed by atoms with Crippen molar-refractivity contribution in [2.45, 2.75) is 39.3 Å². The minimum Gasteiger partial charge on any atom is -0.481 e. The topological polar surface area (TPSA) is 103 Å². The van der Waals surface area contributed by atoms with Crippen molar-refractivity contribution in [3.8, 4) is 17.3 Å². The number of anilines is 1. The van der Waals surface area contributed by atoms with Gasteiger partial charge in [-0.1, -0.05) is 23.7 Å². The molecule has 0 fully saturated rings. The van der Waals surface area contributed by atoms with Gasteiger partial charge in [-0.05, 0) is 56.2 Å². The molecule has 5 heterocycles. The van der Waals surface area contributed by atoms with Gasteiger partial charge in [-0.3, -0.25) is 9.69 Å². The first kappa shape index (κ1) is 25.8. The quantitative estimate of drug-likeness (QED) is 0.263. The number of pyridine rings is 1. The van der Waals surface area contributed by atoms with E-state index in [9.17, 15) is 13.6 Å². The Balaban J connectivity index is 1.59. The maximum atomic E-state index is 14.1. The van der Waals surface area contributed by atoms with Gasteiger partial charge in [-0.15, -0.1) is 15.3 Å². The van der Waals surface area contributed by atoms with Crippen molar-refractivity contribution in [1.82, 2.24) is 34.3 Å². The Morgan fingerprint density at radius 3 is 2.45 bits per heavy atom. The summed E-state index contributed by atoms with van der Waals surface area (Å²) in [6.45, 7) is 5.70. The number of fused-ring (bicyclic) bond motifs is 2. The lowest BCUT2D eigenvalue weighted by Gasteiger charge is -2.28. The van der Waals surface area contributed by atoms with Crippen molar-refractivity contribution >= 4 is 29.0 Å². The highest BCUT2D eigenvalue weighted by molar-refractivity contribution is 6.30. The van der Waals surface area contributed by atoms with Crippen LogP contribution in [0.25, 0.3) is 17.0 Å². The second-order valence-corrected chi connectivity index (χ2v) is 10.1. The van der Waals surface area contributed by atoms with Crippen molar-refractivity contribution in [1.29, 1.82) is 0 Å². The van der Waals surface area contributed by atoms with Crippen molar-refractivity contribution in [2.75, 3.05) is 12.0 Å². The van der Waals surface area contributed by atoms with E-state index < -0.39 is 24.2 Å². The van der Waals surface area contributed by atoms with Gasteiger partial charge in [-0.25, -0.2) is 18.7 Å². The summed E-state index contributed by atoms with van der Waals surface area (Å²) >= 11 is 6.20. The lowest BCUT2D eigenvalue weighted by Crippen LogP contribution is -2.31. The summed E-state index contributed by atoms with van der Waals surface area (Å²) in [5.41, 5.74) is 3.05. The number of carbonyl (C=O) groups excluding carboxylic acids is 1. The molecule has 1 amide bonds. The molecule has 6 rings (SSSR count). The molecule has 4 aromatic heterocycles. The standard InChI is InChI=1S/C27H23ClF2N8O2/c1-13(2)36-22-20(32-25(36)16-7-10-19(40-4)31-12-16)27(39)37(21(22)15-5-8-17(28)9-6-15)18-11-14(3)24-33-34-26(23(29)30)38(24)35-18/h5-13,21,23H,1-4H3. The molecule has 1 aliphatic rings. The van der Waals surface area contributed by atoms with Crippen molar-refractivity contribution in [3.05, 3.63) is 82.0 Å². The first-order valence-corrected chi connectivity index (χ1v) is 12.8. The molecular weight excluding hydrogens is 542 g/mol. The minimum absolute atomic E-state index is 0.101. The Morgan fingerprint density at radius 1 is 1.07 bits per heavy atom. The average molecular weight is 565 g/mol. The maximum Gasteiger partial charge on any atom is 0.299 e. The number of nitrogens with zero attached hydrogens (tertiary/aromatic N) is 8. The molecule has 0 bridgehead atoms. The van der Waals surface area contributed by atoms with Crippen molar-refractivity contribution < 1.29 is 18.3 Å². The second kappa shape index (κ2) is 9.63. The molecule has 0 saturated heterocycles. The van der Waals surface area contributed by atoms with Gasteiger partial charge in [0.05, 0.1) is 12.8 Å². The summed E-state index contributed by atoms with van der Waals surface area (Å²) < 4.78 is 35.6. The highest BCUT2D eigenvalue weighted by Crippen LogP contribution is 2.44. The van der Waals surface area contributed by atoms with E-state index in [1.54, 1.807) is 37.4 Å². The number of aromatic nitrogens is 7. The minimum atomic E-state index is -2.90. The lowest BCUT2D eigenvalue weighted by molar-refractivity contribution is 0.0988. The van der Waals surface area contributed by atoms with Gasteiger partial charge >= 0.3 is 0 Å². The third-order valence-electron chi connectivity index (χ3n) is 6.80. The normalized spacial score (nSPS) is 15.1. The van der Waals surface area contributed by atoms with Crippen LogP contribution in [-0.2, 0) is 0 Å². The van der Waals surface area contributed by atoms with Crippen LogP contribution in [0.15, 0.2) is 48.7 Å². The van der Waals surface area contributed by atoms with Gasteiger partial charge < -0.3 is 9.30 Å². The monoisotopic (exact) mass is 564 g/mol. The first-order chi connectivity index (χ1) is 19.2. The van der Waals surface area contributed by atoms with Crippen LogP contribution in [-0.4, -0.2) is 47.4 Å². The van der Waals surface area contributed by atoms with E-state index in [1.807, 2.05) is 36.6 Å². The molecule has 204 valence electrons. The summed E-state index contributed by atoms with van der Waals surface area (Å²) in [7, 11) is 1.53. The van der Waals surface area contributed by atoms with E-state index in [2.05, 4.69) is 20.3 Å². The molecular formula is C27H23ClF2N8O2. The zero-order valence-electron chi connectivity index (χ0n) is 21.9. The number of aryl methyl sites for hydroxylation is 1. The van der Waals surface area contributed by atoms with Crippen LogP contribution in [0.4, 0.5) is 14.6 Å². The van der Waals surface area contributed by atoms with Crippen LogP contribution in [0.3, 0.4) is 0 Å². The number of amides is 1. The predicted octanol–water partition coefficient (Wildman–Crippen LogP) is 5.62. The molecule has 0 radical (unpaired) electrons. The van der Waals surface area contributed by atoms with Crippen molar-refractivity contribution in [2.24, 2.45) is 0 Å². The molecule has 13 heteroatoms. The van der Waals surface area contributed by atoms with Crippen LogP contribution in [0.1, 0.15) is 65.5 Å². The third-order valence-corrected chi connectivity index (χ3v) is 7.05. The van der Waals surface area contributed by atoms with E-state index in [4.69, 9.17) is 21.3 Å². The number of benzene rings is 1. The van der Waals surface area contributed by atoms with Gasteiger partial charge in [0, 0.05) is 28.9 Å². The van der Waals surface area contributed by atoms with Crippen LogP contribution >= 0.6 is 11.6 Å². The van der Waals surface area contributed by atoms with Gasteiger partial charge in [0.25, 0.3) is 12.3 Å². The SMILES string of the molecule is COc1ccc(-c2nc3c(n2C(C)C)C(c2ccc(Cl)cc2)N(c2cc(C)c4nnc(C(F)F)n4n2)C3=O)cn1. The zero-order chi connectivity index (χ0) is 28.3. The number of hydrogen-bond acceptors (Lipinski definition) is 7. The van der Waals surface area contributed by atoms with Gasteiger partial charge in [0.1, 0.15) is 11.9 Å². The molecule has 0 aliphatic carbocycles. The summed E-state index contributed by atoms with van der Waals surface area (Å²) in [6, 6.07) is 11.5. The van der Waals surface area contributed by atoms with Crippen LogP contribution in [0, 0.1) is 6.92 Å². The molecule has 1 unspecified atom stereocenters. The van der Waals surface area contributed by atoms with Crippen molar-refractivity contribution in [3.63, 3.8) is 0 Å². The second-order valence-electron chi connectivity index (χ2n) is 9.63. The Morgan fingerprint density at radius 2 is 1.82 bits per heavy atom. The summed E-state index contributed by atoms with van der Waals surface area (Å²) in [5, 5.41) is 12.4. The van der Waals surface area contributed by atoms with E-state index >= 15 is 0 Å². The molecule has 40 heavy (non-hydrogen) atoms. The van der Waals surface area contributed by atoms with Gasteiger partial charge in [0.15, 0.2) is 17.2 Å². The number of rotatable bonds is 6. The number of alkyl halides is 2. The Bertz CT molecular complexity index is 1750. The molecule has 10 nitrogen and oxygen atoms in total. The van der Waals surface area contributed by atoms with E-state index in [0.29, 0.717) is 33.5 Å². The van der Waals surface area contributed by atoms with Crippen LogP contribution < -0.4 is 9.64 Å². The number of halogens is 3. The fourth-order valence-corrected chi connectivity index (χ4v) is 5.17. The fraction of sp³-hybridized carbons (Fsp3) is 0.259. The summed E-state index contributed by atoms with van der Waals surface area (Å²) in [6.07, 6.45) is -1.26. The third kappa shape index (κ3) is 3.98. The predicted molar refractivity (Wildman–Crippen MR) is 143 cm³/mol. The number of carbonyl (C=O) groups is 1. The maximum absolute atomic E-state index is 14.1. The molecule has 5 aromatic rings. The fourth-order valence-electron chi connectivity index (χ4n) is 5.05. The lowest BCUT2D eigenvalue weighted by atomic mass is 10.0.